The maximum atomic E-state index is 12.9. The van der Waals surface area contributed by atoms with Crippen LogP contribution in [0.3, 0.4) is 0 Å². The molecule has 3 rings (SSSR count). The fourth-order valence-corrected chi connectivity index (χ4v) is 3.55. The first kappa shape index (κ1) is 20.2. The standard InChI is InChI=1S/C21H29N3O4/c1-5-27-18-7-6-15(12-19(18)26-4)13-22-21(25)16-9-11-28-20(16)17-8-10-23-24(17)14(2)3/h6-8,10,12,14,16,20H,5,9,11,13H2,1-4H3,(H,22,25)/t16-,20-/m0/s1. The number of carbonyl (C=O) groups is 1. The summed E-state index contributed by atoms with van der Waals surface area (Å²) in [4.78, 5) is 12.9. The zero-order valence-electron chi connectivity index (χ0n) is 17.0. The molecule has 1 saturated heterocycles. The number of carbonyl (C=O) groups excluding carboxylic acids is 1. The molecule has 1 N–H and O–H groups in total. The smallest absolute Gasteiger partial charge is 0.226 e. The summed E-state index contributed by atoms with van der Waals surface area (Å²) in [6.07, 6.45) is 2.20. The average molecular weight is 387 g/mol. The molecular formula is C21H29N3O4. The Kier molecular flexibility index (Phi) is 6.57. The molecule has 1 aliphatic rings. The molecule has 0 bridgehead atoms. The van der Waals surface area contributed by atoms with Gasteiger partial charge in [-0.05, 0) is 51.0 Å². The van der Waals surface area contributed by atoms with Crippen LogP contribution in [0.1, 0.15) is 50.6 Å². The summed E-state index contributed by atoms with van der Waals surface area (Å²) in [6.45, 7) is 7.64. The van der Waals surface area contributed by atoms with Gasteiger partial charge in [-0.3, -0.25) is 9.48 Å². The third kappa shape index (κ3) is 4.30. The molecule has 152 valence electrons. The van der Waals surface area contributed by atoms with Crippen molar-refractivity contribution in [3.63, 3.8) is 0 Å². The summed E-state index contributed by atoms with van der Waals surface area (Å²) < 4.78 is 18.7. The van der Waals surface area contributed by atoms with E-state index in [0.717, 1.165) is 11.3 Å². The van der Waals surface area contributed by atoms with E-state index in [-0.39, 0.29) is 24.0 Å². The Bertz CT molecular complexity index is 803. The lowest BCUT2D eigenvalue weighted by Gasteiger charge is -2.21. The molecule has 1 aromatic carbocycles. The van der Waals surface area contributed by atoms with Crippen molar-refractivity contribution in [1.29, 1.82) is 0 Å². The van der Waals surface area contributed by atoms with Crippen LogP contribution in [0.5, 0.6) is 11.5 Å². The molecule has 0 radical (unpaired) electrons. The van der Waals surface area contributed by atoms with E-state index in [1.165, 1.54) is 0 Å². The lowest BCUT2D eigenvalue weighted by molar-refractivity contribution is -0.127. The van der Waals surface area contributed by atoms with Gasteiger partial charge in [-0.15, -0.1) is 0 Å². The zero-order valence-corrected chi connectivity index (χ0v) is 17.0. The van der Waals surface area contributed by atoms with Gasteiger partial charge >= 0.3 is 0 Å². The highest BCUT2D eigenvalue weighted by Crippen LogP contribution is 2.35. The van der Waals surface area contributed by atoms with Crippen LogP contribution in [0.4, 0.5) is 0 Å². The van der Waals surface area contributed by atoms with E-state index in [2.05, 4.69) is 24.3 Å². The van der Waals surface area contributed by atoms with Gasteiger partial charge in [0, 0.05) is 25.4 Å². The number of amides is 1. The Morgan fingerprint density at radius 1 is 1.36 bits per heavy atom. The number of ether oxygens (including phenoxy) is 3. The van der Waals surface area contributed by atoms with Crippen molar-refractivity contribution in [3.8, 4) is 11.5 Å². The van der Waals surface area contributed by atoms with Crippen LogP contribution in [0.15, 0.2) is 30.5 Å². The molecular weight excluding hydrogens is 358 g/mol. The minimum atomic E-state index is -0.264. The number of nitrogens with one attached hydrogen (secondary N) is 1. The molecule has 2 atom stereocenters. The second-order valence-corrected chi connectivity index (χ2v) is 7.12. The number of rotatable bonds is 8. The van der Waals surface area contributed by atoms with Crippen molar-refractivity contribution in [1.82, 2.24) is 15.1 Å². The van der Waals surface area contributed by atoms with E-state index in [0.29, 0.717) is 37.7 Å². The predicted octanol–water partition coefficient (Wildman–Crippen LogP) is 3.27. The normalized spacial score (nSPS) is 19.0. The average Bonchev–Trinajstić information content (AvgIpc) is 3.35. The fourth-order valence-electron chi connectivity index (χ4n) is 3.55. The second-order valence-electron chi connectivity index (χ2n) is 7.12. The summed E-state index contributed by atoms with van der Waals surface area (Å²) in [5.74, 6) is 1.13. The van der Waals surface area contributed by atoms with Crippen molar-refractivity contribution in [2.75, 3.05) is 20.3 Å². The number of nitrogens with zero attached hydrogens (tertiary/aromatic N) is 2. The Morgan fingerprint density at radius 2 is 2.18 bits per heavy atom. The molecule has 1 amide bonds. The van der Waals surface area contributed by atoms with E-state index in [1.54, 1.807) is 13.3 Å². The first-order valence-corrected chi connectivity index (χ1v) is 9.77. The number of methoxy groups -OCH3 is 1. The van der Waals surface area contributed by atoms with Crippen LogP contribution in [0.25, 0.3) is 0 Å². The SMILES string of the molecule is CCOc1ccc(CNC(=O)[C@H]2CCO[C@@H]2c2ccnn2C(C)C)cc1OC. The topological polar surface area (TPSA) is 74.6 Å². The quantitative estimate of drug-likeness (QED) is 0.752. The van der Waals surface area contributed by atoms with Crippen LogP contribution in [-0.2, 0) is 16.1 Å². The first-order valence-electron chi connectivity index (χ1n) is 9.77. The molecule has 0 unspecified atom stereocenters. The second kappa shape index (κ2) is 9.10. The monoisotopic (exact) mass is 387 g/mol. The van der Waals surface area contributed by atoms with Crippen molar-refractivity contribution in [2.45, 2.75) is 45.9 Å². The lowest BCUT2D eigenvalue weighted by atomic mass is 9.97. The van der Waals surface area contributed by atoms with Crippen LogP contribution < -0.4 is 14.8 Å². The molecule has 28 heavy (non-hydrogen) atoms. The largest absolute Gasteiger partial charge is 0.493 e. The number of hydrogen-bond acceptors (Lipinski definition) is 5. The molecule has 2 aromatic rings. The molecule has 0 saturated carbocycles. The third-order valence-corrected chi connectivity index (χ3v) is 4.90. The Morgan fingerprint density at radius 3 is 2.89 bits per heavy atom. The summed E-state index contributed by atoms with van der Waals surface area (Å²) in [5.41, 5.74) is 1.91. The third-order valence-electron chi connectivity index (χ3n) is 4.90. The summed E-state index contributed by atoms with van der Waals surface area (Å²) in [6, 6.07) is 7.85. The Balaban J connectivity index is 1.66. The van der Waals surface area contributed by atoms with E-state index in [1.807, 2.05) is 35.9 Å². The van der Waals surface area contributed by atoms with E-state index >= 15 is 0 Å². The number of hydrogen-bond donors (Lipinski definition) is 1. The van der Waals surface area contributed by atoms with E-state index in [9.17, 15) is 4.79 Å². The van der Waals surface area contributed by atoms with Crippen LogP contribution >= 0.6 is 0 Å². The van der Waals surface area contributed by atoms with Gasteiger partial charge < -0.3 is 19.5 Å². The van der Waals surface area contributed by atoms with Crippen molar-refractivity contribution >= 4 is 5.91 Å². The van der Waals surface area contributed by atoms with Gasteiger partial charge in [0.1, 0.15) is 6.10 Å². The van der Waals surface area contributed by atoms with E-state index in [4.69, 9.17) is 14.2 Å². The van der Waals surface area contributed by atoms with Gasteiger partial charge in [0.2, 0.25) is 5.91 Å². The van der Waals surface area contributed by atoms with Crippen LogP contribution in [0.2, 0.25) is 0 Å². The summed E-state index contributed by atoms with van der Waals surface area (Å²) in [5, 5.41) is 7.41. The summed E-state index contributed by atoms with van der Waals surface area (Å²) in [7, 11) is 1.61. The summed E-state index contributed by atoms with van der Waals surface area (Å²) >= 11 is 0. The van der Waals surface area contributed by atoms with Crippen molar-refractivity contribution in [2.24, 2.45) is 5.92 Å². The molecule has 0 spiro atoms. The molecule has 1 fully saturated rings. The maximum absolute atomic E-state index is 12.9. The van der Waals surface area contributed by atoms with Crippen molar-refractivity contribution < 1.29 is 19.0 Å². The van der Waals surface area contributed by atoms with E-state index < -0.39 is 0 Å². The Hall–Kier alpha value is -2.54. The van der Waals surface area contributed by atoms with Crippen LogP contribution in [0, 0.1) is 5.92 Å². The highest BCUT2D eigenvalue weighted by molar-refractivity contribution is 5.79. The zero-order chi connectivity index (χ0) is 20.1. The van der Waals surface area contributed by atoms with Gasteiger partial charge in [0.25, 0.3) is 0 Å². The number of aromatic nitrogens is 2. The first-order chi connectivity index (χ1) is 13.5. The Labute approximate surface area is 166 Å². The molecule has 1 aromatic heterocycles. The molecule has 2 heterocycles. The minimum absolute atomic E-state index is 0.00754. The van der Waals surface area contributed by atoms with Crippen LogP contribution in [-0.4, -0.2) is 36.0 Å². The van der Waals surface area contributed by atoms with Gasteiger partial charge in [0.15, 0.2) is 11.5 Å². The van der Waals surface area contributed by atoms with Gasteiger partial charge in [-0.1, -0.05) is 6.07 Å². The minimum Gasteiger partial charge on any atom is -0.493 e. The maximum Gasteiger partial charge on any atom is 0.226 e. The molecule has 7 nitrogen and oxygen atoms in total. The molecule has 1 aliphatic heterocycles. The molecule has 0 aliphatic carbocycles. The molecule has 7 heteroatoms. The van der Waals surface area contributed by atoms with Gasteiger partial charge in [0.05, 0.1) is 25.3 Å². The van der Waals surface area contributed by atoms with Crippen molar-refractivity contribution in [3.05, 3.63) is 41.7 Å². The van der Waals surface area contributed by atoms with Gasteiger partial charge in [-0.25, -0.2) is 0 Å². The fraction of sp³-hybridized carbons (Fsp3) is 0.524. The lowest BCUT2D eigenvalue weighted by Crippen LogP contribution is -2.32. The predicted molar refractivity (Wildman–Crippen MR) is 105 cm³/mol. The van der Waals surface area contributed by atoms with Gasteiger partial charge in [-0.2, -0.15) is 5.10 Å². The number of benzene rings is 1. The highest BCUT2D eigenvalue weighted by Gasteiger charge is 2.37. The highest BCUT2D eigenvalue weighted by atomic mass is 16.5.